The number of aliphatic hydroxyl groups is 1. The van der Waals surface area contributed by atoms with Crippen LogP contribution < -0.4 is 5.73 Å². The second kappa shape index (κ2) is 7.79. The van der Waals surface area contributed by atoms with Crippen molar-refractivity contribution in [3.8, 4) is 11.1 Å². The number of carboxylic acids is 1. The third kappa shape index (κ3) is 4.57. The minimum atomic E-state index is -1.21. The molecule has 0 unspecified atom stereocenters. The Balaban J connectivity index is 2.05. The topological polar surface area (TPSA) is 83.5 Å². The first-order chi connectivity index (χ1) is 11.3. The van der Waals surface area contributed by atoms with E-state index in [2.05, 4.69) is 0 Å². The van der Waals surface area contributed by atoms with Gasteiger partial charge in [0.15, 0.2) is 0 Å². The zero-order valence-electron chi connectivity index (χ0n) is 13.6. The molecule has 0 heterocycles. The Labute approximate surface area is 146 Å². The second-order valence-electron chi connectivity index (χ2n) is 6.40. The maximum absolute atomic E-state index is 11.2. The maximum Gasteiger partial charge on any atom is 0.311 e. The third-order valence-electron chi connectivity index (χ3n) is 4.19. The van der Waals surface area contributed by atoms with Gasteiger partial charge in [-0.1, -0.05) is 48.0 Å². The SMILES string of the molecule is C[C@@](CO)(C[C@H](N)Cc1ccc(-c2cccc(Cl)c2)cc1)C(=O)O. The van der Waals surface area contributed by atoms with Crippen LogP contribution in [0.1, 0.15) is 18.9 Å². The average Bonchev–Trinajstić information content (AvgIpc) is 2.55. The highest BCUT2D eigenvalue weighted by Crippen LogP contribution is 2.25. The zero-order chi connectivity index (χ0) is 17.7. The number of benzene rings is 2. The van der Waals surface area contributed by atoms with Crippen LogP contribution in [0.2, 0.25) is 5.02 Å². The molecule has 4 nitrogen and oxygen atoms in total. The fraction of sp³-hybridized carbons (Fsp3) is 0.316. The van der Waals surface area contributed by atoms with E-state index in [1.165, 1.54) is 6.92 Å². The van der Waals surface area contributed by atoms with Gasteiger partial charge in [0.25, 0.3) is 0 Å². The number of nitrogens with two attached hydrogens (primary N) is 1. The summed E-state index contributed by atoms with van der Waals surface area (Å²) < 4.78 is 0. The molecule has 0 saturated heterocycles. The minimum absolute atomic E-state index is 0.217. The number of halogens is 1. The van der Waals surface area contributed by atoms with Crippen molar-refractivity contribution in [2.45, 2.75) is 25.8 Å². The molecule has 0 spiro atoms. The van der Waals surface area contributed by atoms with Crippen LogP contribution >= 0.6 is 11.6 Å². The molecule has 2 rings (SSSR count). The smallest absolute Gasteiger partial charge is 0.311 e. The van der Waals surface area contributed by atoms with Crippen molar-refractivity contribution in [2.24, 2.45) is 11.1 Å². The van der Waals surface area contributed by atoms with E-state index in [1.807, 2.05) is 48.5 Å². The number of aliphatic carboxylic acids is 1. The van der Waals surface area contributed by atoms with Gasteiger partial charge in [-0.05, 0) is 48.6 Å². The molecule has 0 bridgehead atoms. The van der Waals surface area contributed by atoms with Gasteiger partial charge in [0.2, 0.25) is 0 Å². The Bertz CT molecular complexity index is 702. The Morgan fingerprint density at radius 3 is 2.42 bits per heavy atom. The first kappa shape index (κ1) is 18.5. The molecule has 0 aliphatic carbocycles. The van der Waals surface area contributed by atoms with Gasteiger partial charge in [0.05, 0.1) is 12.0 Å². The summed E-state index contributed by atoms with van der Waals surface area (Å²) in [6.45, 7) is 1.08. The summed E-state index contributed by atoms with van der Waals surface area (Å²) >= 11 is 6.01. The molecule has 0 saturated carbocycles. The van der Waals surface area contributed by atoms with Crippen LogP contribution in [-0.2, 0) is 11.2 Å². The summed E-state index contributed by atoms with van der Waals surface area (Å²) in [5, 5.41) is 19.2. The van der Waals surface area contributed by atoms with Crippen molar-refractivity contribution < 1.29 is 15.0 Å². The highest BCUT2D eigenvalue weighted by molar-refractivity contribution is 6.30. The van der Waals surface area contributed by atoms with Crippen LogP contribution in [0.25, 0.3) is 11.1 Å². The first-order valence-corrected chi connectivity index (χ1v) is 8.16. The van der Waals surface area contributed by atoms with Crippen LogP contribution in [0, 0.1) is 5.41 Å². The maximum atomic E-state index is 11.2. The molecule has 2 aromatic carbocycles. The fourth-order valence-corrected chi connectivity index (χ4v) is 2.86. The highest BCUT2D eigenvalue weighted by atomic mass is 35.5. The molecule has 0 amide bonds. The van der Waals surface area contributed by atoms with Gasteiger partial charge in [-0.15, -0.1) is 0 Å². The van der Waals surface area contributed by atoms with Gasteiger partial charge in [-0.25, -0.2) is 0 Å². The lowest BCUT2D eigenvalue weighted by Gasteiger charge is -2.25. The summed E-state index contributed by atoms with van der Waals surface area (Å²) in [6.07, 6.45) is 0.771. The standard InChI is InChI=1S/C19H22ClNO3/c1-19(12-22,18(23)24)11-17(21)9-13-5-7-14(8-6-13)15-3-2-4-16(20)10-15/h2-8,10,17,22H,9,11-12,21H2,1H3,(H,23,24)/t17-,19+/m1/s1. The number of hydrogen-bond donors (Lipinski definition) is 3. The third-order valence-corrected chi connectivity index (χ3v) is 4.42. The molecule has 2 atom stereocenters. The lowest BCUT2D eigenvalue weighted by molar-refractivity contribution is -0.151. The monoisotopic (exact) mass is 347 g/mol. The highest BCUT2D eigenvalue weighted by Gasteiger charge is 2.34. The summed E-state index contributed by atoms with van der Waals surface area (Å²) in [5.41, 5.74) is 8.00. The molecule has 0 aliphatic heterocycles. The summed E-state index contributed by atoms with van der Waals surface area (Å²) in [7, 11) is 0. The van der Waals surface area contributed by atoms with Crippen molar-refractivity contribution in [1.29, 1.82) is 0 Å². The number of carbonyl (C=O) groups is 1. The number of aliphatic hydroxyl groups excluding tert-OH is 1. The van der Waals surface area contributed by atoms with Crippen molar-refractivity contribution in [3.63, 3.8) is 0 Å². The molecule has 4 N–H and O–H groups in total. The van der Waals surface area contributed by atoms with Crippen LogP contribution in [0.3, 0.4) is 0 Å². The molecule has 0 aliphatic rings. The predicted octanol–water partition coefficient (Wildman–Crippen LogP) is 3.35. The molecule has 2 aromatic rings. The molecule has 0 fully saturated rings. The van der Waals surface area contributed by atoms with E-state index in [4.69, 9.17) is 17.3 Å². The Kier molecular flexibility index (Phi) is 5.99. The van der Waals surface area contributed by atoms with Crippen molar-refractivity contribution >= 4 is 17.6 Å². The molecule has 0 aromatic heterocycles. The van der Waals surface area contributed by atoms with Crippen LogP contribution in [0.5, 0.6) is 0 Å². The number of carboxylic acid groups (broad SMARTS) is 1. The Morgan fingerprint density at radius 2 is 1.88 bits per heavy atom. The summed E-state index contributed by atoms with van der Waals surface area (Å²) in [6, 6.07) is 15.2. The summed E-state index contributed by atoms with van der Waals surface area (Å²) in [4.78, 5) is 11.2. The van der Waals surface area contributed by atoms with Crippen molar-refractivity contribution in [3.05, 3.63) is 59.1 Å². The van der Waals surface area contributed by atoms with Crippen LogP contribution in [0.4, 0.5) is 0 Å². The van der Waals surface area contributed by atoms with Gasteiger partial charge in [-0.3, -0.25) is 4.79 Å². The van der Waals surface area contributed by atoms with Crippen LogP contribution in [-0.4, -0.2) is 28.8 Å². The van der Waals surface area contributed by atoms with Gasteiger partial charge >= 0.3 is 5.97 Å². The van der Waals surface area contributed by atoms with Gasteiger partial charge in [-0.2, -0.15) is 0 Å². The van der Waals surface area contributed by atoms with E-state index >= 15 is 0 Å². The quantitative estimate of drug-likeness (QED) is 0.717. The zero-order valence-corrected chi connectivity index (χ0v) is 14.3. The van der Waals surface area contributed by atoms with E-state index in [0.717, 1.165) is 16.7 Å². The van der Waals surface area contributed by atoms with Crippen molar-refractivity contribution in [2.75, 3.05) is 6.61 Å². The fourth-order valence-electron chi connectivity index (χ4n) is 2.67. The molecule has 128 valence electrons. The van der Waals surface area contributed by atoms with Gasteiger partial charge in [0, 0.05) is 11.1 Å². The first-order valence-electron chi connectivity index (χ1n) is 7.79. The van der Waals surface area contributed by atoms with E-state index in [-0.39, 0.29) is 12.5 Å². The van der Waals surface area contributed by atoms with Crippen molar-refractivity contribution in [1.82, 2.24) is 0 Å². The molecule has 5 heteroatoms. The Hall–Kier alpha value is -1.88. The summed E-state index contributed by atoms with van der Waals surface area (Å²) in [5.74, 6) is -1.03. The average molecular weight is 348 g/mol. The van der Waals surface area contributed by atoms with E-state index in [0.29, 0.717) is 11.4 Å². The number of hydrogen-bond acceptors (Lipinski definition) is 3. The van der Waals surface area contributed by atoms with E-state index < -0.39 is 18.0 Å². The molecular formula is C19H22ClNO3. The molecule has 0 radical (unpaired) electrons. The number of rotatable bonds is 7. The van der Waals surface area contributed by atoms with Gasteiger partial charge < -0.3 is 15.9 Å². The van der Waals surface area contributed by atoms with E-state index in [9.17, 15) is 15.0 Å². The lowest BCUT2D eigenvalue weighted by atomic mass is 9.83. The largest absolute Gasteiger partial charge is 0.481 e. The molecular weight excluding hydrogens is 326 g/mol. The lowest BCUT2D eigenvalue weighted by Crippen LogP contribution is -2.39. The van der Waals surface area contributed by atoms with Crippen LogP contribution in [0.15, 0.2) is 48.5 Å². The van der Waals surface area contributed by atoms with E-state index in [1.54, 1.807) is 0 Å². The molecule has 24 heavy (non-hydrogen) atoms. The van der Waals surface area contributed by atoms with Gasteiger partial charge in [0.1, 0.15) is 0 Å². The Morgan fingerprint density at radius 1 is 1.21 bits per heavy atom. The minimum Gasteiger partial charge on any atom is -0.481 e. The predicted molar refractivity (Wildman–Crippen MR) is 96.0 cm³/mol. The second-order valence-corrected chi connectivity index (χ2v) is 6.84. The normalized spacial score (nSPS) is 14.8.